The number of allylic oxidation sites excluding steroid dienone is 4. The second kappa shape index (κ2) is 7.27. The fraction of sp³-hybridized carbons (Fsp3) is 0.722. The summed E-state index contributed by atoms with van der Waals surface area (Å²) in [5.74, 6) is 0.336. The molecule has 1 unspecified atom stereocenters. The Bertz CT molecular complexity index is 486. The van der Waals surface area contributed by atoms with Crippen molar-refractivity contribution in [2.75, 3.05) is 6.54 Å². The lowest BCUT2D eigenvalue weighted by Gasteiger charge is -2.45. The lowest BCUT2D eigenvalue weighted by molar-refractivity contribution is 0.0441. The summed E-state index contributed by atoms with van der Waals surface area (Å²) >= 11 is 6.24. The van der Waals surface area contributed by atoms with Crippen LogP contribution in [0.1, 0.15) is 52.9 Å². The Morgan fingerprint density at radius 2 is 2.09 bits per heavy atom. The summed E-state index contributed by atoms with van der Waals surface area (Å²) in [7, 11) is 0. The summed E-state index contributed by atoms with van der Waals surface area (Å²) in [5, 5.41) is 3.86. The molecule has 0 heterocycles. The summed E-state index contributed by atoms with van der Waals surface area (Å²) in [6, 6.07) is 0.267. The van der Waals surface area contributed by atoms with Gasteiger partial charge in [0.2, 0.25) is 0 Å². The van der Waals surface area contributed by atoms with Crippen molar-refractivity contribution < 1.29 is 9.53 Å². The number of ether oxygens (including phenoxy) is 1. The molecule has 5 heteroatoms. The number of carbonyl (C=O) groups is 1. The number of nitrogens with one attached hydrogen (secondary N) is 1. The molecule has 0 spiro atoms. The SMILES string of the molecule is CC(C)(C)OC(=O)NC[C@]1(C2C=CC=C(Cl)C2)CC[C@H](N)CC1. The third-order valence-corrected chi connectivity index (χ3v) is 5.11. The fourth-order valence-corrected chi connectivity index (χ4v) is 3.76. The predicted molar refractivity (Wildman–Crippen MR) is 94.3 cm³/mol. The highest BCUT2D eigenvalue weighted by Crippen LogP contribution is 2.46. The first-order valence-electron chi connectivity index (χ1n) is 8.45. The van der Waals surface area contributed by atoms with Gasteiger partial charge in [0, 0.05) is 17.6 Å². The highest BCUT2D eigenvalue weighted by Gasteiger charge is 2.41. The van der Waals surface area contributed by atoms with Crippen molar-refractivity contribution in [3.63, 3.8) is 0 Å². The molecule has 1 amide bonds. The molecule has 2 aliphatic carbocycles. The number of rotatable bonds is 3. The van der Waals surface area contributed by atoms with Gasteiger partial charge in [-0.3, -0.25) is 0 Å². The number of hydrogen-bond donors (Lipinski definition) is 2. The van der Waals surface area contributed by atoms with Crippen LogP contribution in [-0.4, -0.2) is 24.3 Å². The second-order valence-corrected chi connectivity index (χ2v) is 8.35. The van der Waals surface area contributed by atoms with Crippen LogP contribution in [-0.2, 0) is 4.74 Å². The van der Waals surface area contributed by atoms with Crippen LogP contribution in [0.5, 0.6) is 0 Å². The van der Waals surface area contributed by atoms with Crippen molar-refractivity contribution in [2.45, 2.75) is 64.5 Å². The van der Waals surface area contributed by atoms with Crippen LogP contribution in [0.4, 0.5) is 4.79 Å². The molecule has 1 saturated carbocycles. The van der Waals surface area contributed by atoms with Gasteiger partial charge in [-0.15, -0.1) is 0 Å². The Morgan fingerprint density at radius 3 is 2.65 bits per heavy atom. The summed E-state index contributed by atoms with van der Waals surface area (Å²) in [4.78, 5) is 12.0. The van der Waals surface area contributed by atoms with E-state index in [4.69, 9.17) is 22.1 Å². The first kappa shape index (κ1) is 18.3. The minimum atomic E-state index is -0.483. The van der Waals surface area contributed by atoms with Gasteiger partial charge >= 0.3 is 6.09 Å². The van der Waals surface area contributed by atoms with Gasteiger partial charge in [-0.1, -0.05) is 23.8 Å². The number of hydrogen-bond acceptors (Lipinski definition) is 3. The van der Waals surface area contributed by atoms with Crippen molar-refractivity contribution in [1.82, 2.24) is 5.32 Å². The van der Waals surface area contributed by atoms with E-state index in [1.807, 2.05) is 32.9 Å². The third-order valence-electron chi connectivity index (χ3n) is 4.83. The lowest BCUT2D eigenvalue weighted by atomic mass is 9.63. The molecule has 4 nitrogen and oxygen atoms in total. The monoisotopic (exact) mass is 340 g/mol. The van der Waals surface area contributed by atoms with Crippen LogP contribution in [0.15, 0.2) is 23.3 Å². The van der Waals surface area contributed by atoms with E-state index in [-0.39, 0.29) is 17.6 Å². The van der Waals surface area contributed by atoms with Crippen molar-refractivity contribution in [2.24, 2.45) is 17.1 Å². The molecule has 23 heavy (non-hydrogen) atoms. The standard InChI is InChI=1S/C18H29ClN2O2/c1-17(2,3)23-16(22)21-12-18(9-7-15(20)8-10-18)13-5-4-6-14(19)11-13/h4-6,13,15H,7-12,20H2,1-3H3,(H,21,22)/t13?,15-,18-. The van der Waals surface area contributed by atoms with E-state index in [0.29, 0.717) is 12.5 Å². The van der Waals surface area contributed by atoms with Crippen LogP contribution >= 0.6 is 11.6 Å². The van der Waals surface area contributed by atoms with Gasteiger partial charge in [-0.25, -0.2) is 4.79 Å². The van der Waals surface area contributed by atoms with Gasteiger partial charge in [0.15, 0.2) is 0 Å². The van der Waals surface area contributed by atoms with Crippen LogP contribution in [0.2, 0.25) is 0 Å². The maximum Gasteiger partial charge on any atom is 0.407 e. The number of alkyl carbamates (subject to hydrolysis) is 1. The molecule has 0 aromatic heterocycles. The second-order valence-electron chi connectivity index (χ2n) is 7.86. The zero-order valence-corrected chi connectivity index (χ0v) is 15.2. The molecule has 2 rings (SSSR count). The number of carbonyl (C=O) groups excluding carboxylic acids is 1. The summed E-state index contributed by atoms with van der Waals surface area (Å²) in [5.41, 5.74) is 5.61. The van der Waals surface area contributed by atoms with Crippen LogP contribution in [0, 0.1) is 11.3 Å². The largest absolute Gasteiger partial charge is 0.444 e. The number of halogens is 1. The third kappa shape index (κ3) is 5.25. The highest BCUT2D eigenvalue weighted by molar-refractivity contribution is 6.29. The zero-order chi connectivity index (χ0) is 17.1. The van der Waals surface area contributed by atoms with E-state index in [1.165, 1.54) is 0 Å². The van der Waals surface area contributed by atoms with Crippen LogP contribution < -0.4 is 11.1 Å². The van der Waals surface area contributed by atoms with Gasteiger partial charge in [-0.2, -0.15) is 0 Å². The Kier molecular flexibility index (Phi) is 5.79. The van der Waals surface area contributed by atoms with Gasteiger partial charge in [0.05, 0.1) is 0 Å². The summed E-state index contributed by atoms with van der Waals surface area (Å²) in [6.45, 7) is 6.22. The highest BCUT2D eigenvalue weighted by atomic mass is 35.5. The van der Waals surface area contributed by atoms with Gasteiger partial charge < -0.3 is 15.8 Å². The lowest BCUT2D eigenvalue weighted by Crippen LogP contribution is -2.47. The van der Waals surface area contributed by atoms with Crippen molar-refractivity contribution in [3.05, 3.63) is 23.3 Å². The normalized spacial score (nSPS) is 31.4. The van der Waals surface area contributed by atoms with Gasteiger partial charge in [-0.05, 0) is 70.3 Å². The Morgan fingerprint density at radius 1 is 1.43 bits per heavy atom. The number of nitrogens with two attached hydrogens (primary N) is 1. The molecule has 0 aromatic carbocycles. The van der Waals surface area contributed by atoms with E-state index in [9.17, 15) is 4.79 Å². The summed E-state index contributed by atoms with van der Waals surface area (Å²) in [6.07, 6.45) is 10.7. The minimum Gasteiger partial charge on any atom is -0.444 e. The Hall–Kier alpha value is -1.00. The molecule has 0 aromatic rings. The van der Waals surface area contributed by atoms with E-state index >= 15 is 0 Å². The molecule has 0 bridgehead atoms. The van der Waals surface area contributed by atoms with Crippen LogP contribution in [0.25, 0.3) is 0 Å². The molecule has 0 radical (unpaired) electrons. The summed E-state index contributed by atoms with van der Waals surface area (Å²) < 4.78 is 5.37. The average Bonchev–Trinajstić information content (AvgIpc) is 2.45. The smallest absolute Gasteiger partial charge is 0.407 e. The molecule has 2 aliphatic rings. The molecular weight excluding hydrogens is 312 g/mol. The first-order valence-corrected chi connectivity index (χ1v) is 8.83. The molecular formula is C18H29ClN2O2. The molecule has 0 saturated heterocycles. The maximum atomic E-state index is 12.0. The van der Waals surface area contributed by atoms with E-state index in [0.717, 1.165) is 37.1 Å². The Labute approximate surface area is 144 Å². The van der Waals surface area contributed by atoms with Crippen molar-refractivity contribution in [3.8, 4) is 0 Å². The average molecular weight is 341 g/mol. The maximum absolute atomic E-state index is 12.0. The van der Waals surface area contributed by atoms with Crippen molar-refractivity contribution in [1.29, 1.82) is 0 Å². The topological polar surface area (TPSA) is 64.3 Å². The fourth-order valence-electron chi connectivity index (χ4n) is 3.52. The van der Waals surface area contributed by atoms with E-state index in [2.05, 4.69) is 11.4 Å². The quantitative estimate of drug-likeness (QED) is 0.813. The molecule has 130 valence electrons. The van der Waals surface area contributed by atoms with Gasteiger partial charge in [0.1, 0.15) is 5.60 Å². The Balaban J connectivity index is 2.04. The zero-order valence-electron chi connectivity index (χ0n) is 14.4. The molecule has 1 fully saturated rings. The molecule has 1 atom stereocenters. The van der Waals surface area contributed by atoms with Gasteiger partial charge in [0.25, 0.3) is 0 Å². The van der Waals surface area contributed by atoms with E-state index in [1.54, 1.807) is 0 Å². The molecule has 0 aliphatic heterocycles. The first-order chi connectivity index (χ1) is 10.7. The van der Waals surface area contributed by atoms with E-state index < -0.39 is 5.60 Å². The predicted octanol–water partition coefficient (Wildman–Crippen LogP) is 4.10. The number of amides is 1. The molecule has 3 N–H and O–H groups in total. The minimum absolute atomic E-state index is 0.0116. The van der Waals surface area contributed by atoms with Crippen LogP contribution in [0.3, 0.4) is 0 Å². The van der Waals surface area contributed by atoms with Crippen molar-refractivity contribution >= 4 is 17.7 Å².